The number of H-pyrrole nitrogens is 1. The number of rotatable bonds is 2. The van der Waals surface area contributed by atoms with Crippen molar-refractivity contribution in [2.75, 3.05) is 0 Å². The van der Waals surface area contributed by atoms with Gasteiger partial charge < -0.3 is 0 Å². The second-order valence-electron chi connectivity index (χ2n) is 5.15. The lowest BCUT2D eigenvalue weighted by atomic mass is 9.86. The van der Waals surface area contributed by atoms with Gasteiger partial charge in [-0.2, -0.15) is 0 Å². The first kappa shape index (κ1) is 9.58. The molecule has 2 bridgehead atoms. The molecule has 15 heavy (non-hydrogen) atoms. The van der Waals surface area contributed by atoms with E-state index in [0.29, 0.717) is 4.77 Å². The average molecular weight is 223 g/mol. The highest BCUT2D eigenvalue weighted by atomic mass is 32.1. The van der Waals surface area contributed by atoms with Crippen LogP contribution in [-0.4, -0.2) is 14.8 Å². The first-order chi connectivity index (χ1) is 7.22. The van der Waals surface area contributed by atoms with Crippen molar-refractivity contribution in [2.45, 2.75) is 32.1 Å². The standard InChI is InChI=1S/C11H17N3S/c1-14-11(15)12-10(13-14)6-9-5-7-2-3-8(9)4-7/h7-9H,2-6H2,1H3,(H,12,13,15). The molecule has 0 spiro atoms. The summed E-state index contributed by atoms with van der Waals surface area (Å²) in [6.45, 7) is 0. The van der Waals surface area contributed by atoms with Crippen LogP contribution in [0.15, 0.2) is 0 Å². The van der Waals surface area contributed by atoms with Crippen molar-refractivity contribution < 1.29 is 0 Å². The second kappa shape index (κ2) is 3.44. The van der Waals surface area contributed by atoms with Gasteiger partial charge in [0.1, 0.15) is 5.82 Å². The Bertz CT molecular complexity index is 420. The molecular formula is C11H17N3S. The van der Waals surface area contributed by atoms with E-state index in [9.17, 15) is 0 Å². The third kappa shape index (κ3) is 1.65. The molecule has 4 heteroatoms. The molecule has 1 aromatic rings. The highest BCUT2D eigenvalue weighted by Gasteiger charge is 2.39. The summed E-state index contributed by atoms with van der Waals surface area (Å²) in [6.07, 6.45) is 6.91. The molecule has 0 amide bonds. The molecule has 0 radical (unpaired) electrons. The Hall–Kier alpha value is -0.640. The Kier molecular flexibility index (Phi) is 2.20. The fourth-order valence-corrected chi connectivity index (χ4v) is 3.58. The molecule has 2 aliphatic rings. The van der Waals surface area contributed by atoms with E-state index in [4.69, 9.17) is 12.2 Å². The van der Waals surface area contributed by atoms with E-state index in [0.717, 1.165) is 30.0 Å². The van der Waals surface area contributed by atoms with Crippen LogP contribution in [0.4, 0.5) is 0 Å². The summed E-state index contributed by atoms with van der Waals surface area (Å²) in [6, 6.07) is 0. The summed E-state index contributed by atoms with van der Waals surface area (Å²) in [5.74, 6) is 3.94. The largest absolute Gasteiger partial charge is 0.283 e. The molecular weight excluding hydrogens is 206 g/mol. The number of nitrogens with zero attached hydrogens (tertiary/aromatic N) is 2. The summed E-state index contributed by atoms with van der Waals surface area (Å²) < 4.78 is 2.51. The number of aromatic nitrogens is 3. The third-order valence-electron chi connectivity index (χ3n) is 4.15. The van der Waals surface area contributed by atoms with Gasteiger partial charge in [0, 0.05) is 13.5 Å². The minimum absolute atomic E-state index is 0.674. The molecule has 3 unspecified atom stereocenters. The topological polar surface area (TPSA) is 33.6 Å². The molecule has 0 aliphatic heterocycles. The lowest BCUT2D eigenvalue weighted by Gasteiger charge is -2.20. The van der Waals surface area contributed by atoms with Crippen LogP contribution >= 0.6 is 12.2 Å². The normalized spacial score (nSPS) is 33.8. The van der Waals surface area contributed by atoms with Crippen molar-refractivity contribution in [1.29, 1.82) is 0 Å². The van der Waals surface area contributed by atoms with Crippen molar-refractivity contribution in [1.82, 2.24) is 14.8 Å². The maximum atomic E-state index is 5.10. The van der Waals surface area contributed by atoms with Gasteiger partial charge in [-0.3, -0.25) is 9.78 Å². The van der Waals surface area contributed by atoms with E-state index >= 15 is 0 Å². The van der Waals surface area contributed by atoms with Crippen LogP contribution in [0, 0.1) is 22.5 Å². The monoisotopic (exact) mass is 223 g/mol. The number of hydrogen-bond acceptors (Lipinski definition) is 2. The number of aromatic amines is 1. The van der Waals surface area contributed by atoms with E-state index in [-0.39, 0.29) is 0 Å². The maximum absolute atomic E-state index is 5.10. The Labute approximate surface area is 94.9 Å². The first-order valence-electron chi connectivity index (χ1n) is 5.84. The van der Waals surface area contributed by atoms with E-state index in [1.165, 1.54) is 25.7 Å². The van der Waals surface area contributed by atoms with Crippen molar-refractivity contribution in [3.63, 3.8) is 0 Å². The summed E-state index contributed by atoms with van der Waals surface area (Å²) in [4.78, 5) is 4.38. The predicted octanol–water partition coefficient (Wildman–Crippen LogP) is 2.46. The molecule has 2 saturated carbocycles. The van der Waals surface area contributed by atoms with Gasteiger partial charge in [0.25, 0.3) is 0 Å². The molecule has 1 heterocycles. The van der Waals surface area contributed by atoms with Gasteiger partial charge in [0.15, 0.2) is 0 Å². The minimum atomic E-state index is 0.674. The first-order valence-corrected chi connectivity index (χ1v) is 6.25. The maximum Gasteiger partial charge on any atom is 0.215 e. The molecule has 82 valence electrons. The minimum Gasteiger partial charge on any atom is -0.283 e. The van der Waals surface area contributed by atoms with Crippen LogP contribution < -0.4 is 0 Å². The quantitative estimate of drug-likeness (QED) is 0.781. The van der Waals surface area contributed by atoms with Gasteiger partial charge in [0.2, 0.25) is 4.77 Å². The molecule has 1 N–H and O–H groups in total. The highest BCUT2D eigenvalue weighted by Crippen LogP contribution is 2.49. The number of hydrogen-bond donors (Lipinski definition) is 1. The van der Waals surface area contributed by atoms with Gasteiger partial charge in [-0.05, 0) is 49.2 Å². The zero-order valence-electron chi connectivity index (χ0n) is 9.07. The molecule has 0 saturated heterocycles. The van der Waals surface area contributed by atoms with Gasteiger partial charge in [-0.1, -0.05) is 6.42 Å². The molecule has 3 nitrogen and oxygen atoms in total. The number of aryl methyl sites for hydroxylation is 1. The lowest BCUT2D eigenvalue weighted by molar-refractivity contribution is 0.326. The molecule has 2 aliphatic carbocycles. The van der Waals surface area contributed by atoms with Gasteiger partial charge in [0.05, 0.1) is 0 Å². The van der Waals surface area contributed by atoms with Crippen LogP contribution in [0.25, 0.3) is 0 Å². The van der Waals surface area contributed by atoms with E-state index in [2.05, 4.69) is 10.1 Å². The van der Waals surface area contributed by atoms with Crippen LogP contribution in [0.1, 0.15) is 31.5 Å². The van der Waals surface area contributed by atoms with Crippen molar-refractivity contribution in [3.8, 4) is 0 Å². The van der Waals surface area contributed by atoms with Gasteiger partial charge in [-0.15, -0.1) is 0 Å². The Balaban J connectivity index is 1.73. The third-order valence-corrected chi connectivity index (χ3v) is 4.52. The summed E-state index contributed by atoms with van der Waals surface area (Å²) in [7, 11) is 1.93. The fraction of sp³-hybridized carbons (Fsp3) is 0.818. The Morgan fingerprint density at radius 2 is 2.33 bits per heavy atom. The number of nitrogens with one attached hydrogen (secondary N) is 1. The van der Waals surface area contributed by atoms with Crippen LogP contribution in [-0.2, 0) is 13.5 Å². The fourth-order valence-electron chi connectivity index (χ4n) is 3.42. The lowest BCUT2D eigenvalue weighted by Crippen LogP contribution is -2.14. The zero-order chi connectivity index (χ0) is 10.4. The van der Waals surface area contributed by atoms with Crippen LogP contribution in [0.5, 0.6) is 0 Å². The second-order valence-corrected chi connectivity index (χ2v) is 5.52. The molecule has 1 aromatic heterocycles. The van der Waals surface area contributed by atoms with Crippen molar-refractivity contribution in [2.24, 2.45) is 24.8 Å². The SMILES string of the molecule is Cn1[nH]c(CC2CC3CCC2C3)nc1=S. The smallest absolute Gasteiger partial charge is 0.215 e. The average Bonchev–Trinajstić information content (AvgIpc) is 2.84. The number of fused-ring (bicyclic) bond motifs is 2. The van der Waals surface area contributed by atoms with Gasteiger partial charge in [-0.25, -0.2) is 4.98 Å². The van der Waals surface area contributed by atoms with Crippen LogP contribution in [0.3, 0.4) is 0 Å². The van der Waals surface area contributed by atoms with E-state index in [1.54, 1.807) is 0 Å². The van der Waals surface area contributed by atoms with Gasteiger partial charge >= 0.3 is 0 Å². The van der Waals surface area contributed by atoms with Crippen molar-refractivity contribution in [3.05, 3.63) is 10.6 Å². The van der Waals surface area contributed by atoms with E-state index < -0.39 is 0 Å². The summed E-state index contributed by atoms with van der Waals surface area (Å²) >= 11 is 5.10. The van der Waals surface area contributed by atoms with E-state index in [1.807, 2.05) is 11.7 Å². The Morgan fingerprint density at radius 1 is 1.47 bits per heavy atom. The Morgan fingerprint density at radius 3 is 2.87 bits per heavy atom. The zero-order valence-corrected chi connectivity index (χ0v) is 9.89. The molecule has 3 rings (SSSR count). The molecule has 2 fully saturated rings. The summed E-state index contributed by atoms with van der Waals surface area (Å²) in [5.41, 5.74) is 0. The highest BCUT2D eigenvalue weighted by molar-refractivity contribution is 7.71. The predicted molar refractivity (Wildman–Crippen MR) is 61.0 cm³/mol. The van der Waals surface area contributed by atoms with Crippen LogP contribution in [0.2, 0.25) is 0 Å². The molecule has 3 atom stereocenters. The summed E-state index contributed by atoms with van der Waals surface area (Å²) in [5, 5.41) is 3.23. The molecule has 0 aromatic carbocycles. The van der Waals surface area contributed by atoms with Crippen molar-refractivity contribution >= 4 is 12.2 Å².